The Balaban J connectivity index is 1.53. The van der Waals surface area contributed by atoms with Gasteiger partial charge in [0.15, 0.2) is 4.90 Å². The van der Waals surface area contributed by atoms with Gasteiger partial charge in [-0.2, -0.15) is 10.2 Å². The monoisotopic (exact) mass is 424 g/mol. The summed E-state index contributed by atoms with van der Waals surface area (Å²) in [5, 5.41) is 11.2. The molecule has 2 amide bonds. The molecule has 11 nitrogen and oxygen atoms in total. The third-order valence-corrected chi connectivity index (χ3v) is 6.36. The molecule has 0 saturated carbocycles. The van der Waals surface area contributed by atoms with Crippen LogP contribution in [0.4, 0.5) is 10.6 Å². The van der Waals surface area contributed by atoms with Gasteiger partial charge in [-0.3, -0.25) is 5.32 Å². The second-order valence-electron chi connectivity index (χ2n) is 7.39. The molecule has 3 heterocycles. The number of urea groups is 1. The number of ether oxygens (including phenoxy) is 2. The predicted molar refractivity (Wildman–Crippen MR) is 102 cm³/mol. The van der Waals surface area contributed by atoms with Gasteiger partial charge in [0.05, 0.1) is 18.4 Å². The minimum absolute atomic E-state index is 0.0253. The van der Waals surface area contributed by atoms with Crippen molar-refractivity contribution in [2.75, 3.05) is 19.0 Å². The number of nitrogens with one attached hydrogen (secondary N) is 2. The van der Waals surface area contributed by atoms with Crippen LogP contribution in [0.25, 0.3) is 0 Å². The Hall–Kier alpha value is -2.60. The van der Waals surface area contributed by atoms with Gasteiger partial charge in [0, 0.05) is 18.7 Å². The molecular weight excluding hydrogens is 400 g/mol. The van der Waals surface area contributed by atoms with Crippen molar-refractivity contribution < 1.29 is 22.7 Å². The highest BCUT2D eigenvalue weighted by atomic mass is 32.2. The van der Waals surface area contributed by atoms with E-state index in [-0.39, 0.29) is 29.5 Å². The summed E-state index contributed by atoms with van der Waals surface area (Å²) in [6.45, 7) is 4.47. The Morgan fingerprint density at radius 1 is 1.38 bits per heavy atom. The van der Waals surface area contributed by atoms with Crippen molar-refractivity contribution in [1.29, 1.82) is 0 Å². The first-order valence-corrected chi connectivity index (χ1v) is 10.9. The molecular formula is C17H24N6O5S. The molecule has 2 aromatic heterocycles. The number of hydrogen-bond donors (Lipinski definition) is 2. The first-order chi connectivity index (χ1) is 13.8. The van der Waals surface area contributed by atoms with E-state index in [0.717, 1.165) is 30.5 Å². The van der Waals surface area contributed by atoms with Crippen molar-refractivity contribution in [3.05, 3.63) is 17.5 Å². The standard InChI is InChI=1S/C17H24N6O5S/c1-10(2)23-15(12-5-4-6-13(12)20-23)19-17(24)21-29(25,26)14-7-18-22-8-11(27-3)9-28-16(14)22/h7,10-11H,4-6,8-9H2,1-3H3,(H2,19,21,24)/t11-/m0/s1. The molecule has 0 spiro atoms. The highest BCUT2D eigenvalue weighted by molar-refractivity contribution is 7.90. The molecule has 1 atom stereocenters. The van der Waals surface area contributed by atoms with Crippen molar-refractivity contribution >= 4 is 21.9 Å². The van der Waals surface area contributed by atoms with E-state index in [0.29, 0.717) is 12.4 Å². The maximum Gasteiger partial charge on any atom is 0.334 e. The zero-order chi connectivity index (χ0) is 20.8. The zero-order valence-electron chi connectivity index (χ0n) is 16.5. The van der Waals surface area contributed by atoms with Crippen LogP contribution in [0.15, 0.2) is 11.1 Å². The molecule has 0 fully saturated rings. The molecule has 0 aromatic carbocycles. The number of nitrogens with zero attached hydrogens (tertiary/aromatic N) is 4. The minimum atomic E-state index is -4.17. The molecule has 4 rings (SSSR count). The van der Waals surface area contributed by atoms with E-state index < -0.39 is 16.1 Å². The number of hydrogen-bond acceptors (Lipinski definition) is 7. The fraction of sp³-hybridized carbons (Fsp3) is 0.588. The highest BCUT2D eigenvalue weighted by Gasteiger charge is 2.32. The van der Waals surface area contributed by atoms with E-state index in [9.17, 15) is 13.2 Å². The molecule has 12 heteroatoms. The van der Waals surface area contributed by atoms with Gasteiger partial charge < -0.3 is 9.47 Å². The van der Waals surface area contributed by atoms with Crippen LogP contribution in [0.1, 0.15) is 37.6 Å². The molecule has 0 bridgehead atoms. The lowest BCUT2D eigenvalue weighted by atomic mass is 10.2. The zero-order valence-corrected chi connectivity index (χ0v) is 17.3. The molecule has 29 heavy (non-hydrogen) atoms. The number of carbonyl (C=O) groups is 1. The lowest BCUT2D eigenvalue weighted by molar-refractivity contribution is 0.0165. The van der Waals surface area contributed by atoms with E-state index in [1.807, 2.05) is 18.6 Å². The van der Waals surface area contributed by atoms with Crippen LogP contribution in [0.3, 0.4) is 0 Å². The number of anilines is 1. The predicted octanol–water partition coefficient (Wildman–Crippen LogP) is 1.07. The Morgan fingerprint density at radius 3 is 2.90 bits per heavy atom. The highest BCUT2D eigenvalue weighted by Crippen LogP contribution is 2.31. The number of amides is 2. The van der Waals surface area contributed by atoms with Crippen LogP contribution in [-0.4, -0.2) is 53.8 Å². The molecule has 2 N–H and O–H groups in total. The van der Waals surface area contributed by atoms with E-state index in [1.165, 1.54) is 10.9 Å². The second-order valence-corrected chi connectivity index (χ2v) is 9.04. The van der Waals surface area contributed by atoms with Crippen LogP contribution < -0.4 is 14.8 Å². The first-order valence-electron chi connectivity index (χ1n) is 9.45. The molecule has 2 aromatic rings. The number of fused-ring (bicyclic) bond motifs is 2. The summed E-state index contributed by atoms with van der Waals surface area (Å²) in [6, 6.07) is -0.829. The Morgan fingerprint density at radius 2 is 2.17 bits per heavy atom. The lowest BCUT2D eigenvalue weighted by Crippen LogP contribution is -2.36. The summed E-state index contributed by atoms with van der Waals surface area (Å²) in [4.78, 5) is 12.3. The summed E-state index contributed by atoms with van der Waals surface area (Å²) in [5.41, 5.74) is 1.91. The van der Waals surface area contributed by atoms with Crippen LogP contribution in [0, 0.1) is 0 Å². The number of sulfonamides is 1. The number of aromatic nitrogens is 4. The van der Waals surface area contributed by atoms with Gasteiger partial charge in [0.2, 0.25) is 5.88 Å². The molecule has 2 aliphatic rings. The molecule has 0 radical (unpaired) electrons. The Bertz CT molecular complexity index is 1040. The molecule has 0 saturated heterocycles. The smallest absolute Gasteiger partial charge is 0.334 e. The summed E-state index contributed by atoms with van der Waals surface area (Å²) >= 11 is 0. The van der Waals surface area contributed by atoms with Gasteiger partial charge >= 0.3 is 6.03 Å². The number of aryl methyl sites for hydroxylation is 1. The average molecular weight is 424 g/mol. The Kier molecular flexibility index (Phi) is 4.99. The van der Waals surface area contributed by atoms with Crippen LogP contribution in [0.5, 0.6) is 5.88 Å². The number of carbonyl (C=O) groups excluding carboxylic acids is 1. The topological polar surface area (TPSA) is 129 Å². The van der Waals surface area contributed by atoms with E-state index in [1.54, 1.807) is 11.8 Å². The normalized spacial score (nSPS) is 18.3. The van der Waals surface area contributed by atoms with Gasteiger partial charge in [-0.05, 0) is 33.1 Å². The van der Waals surface area contributed by atoms with Crippen LogP contribution in [-0.2, 0) is 34.1 Å². The van der Waals surface area contributed by atoms with Crippen molar-refractivity contribution in [2.24, 2.45) is 0 Å². The summed E-state index contributed by atoms with van der Waals surface area (Å²) in [6.07, 6.45) is 3.57. The molecule has 1 aliphatic carbocycles. The van der Waals surface area contributed by atoms with Crippen LogP contribution >= 0.6 is 0 Å². The SMILES string of the molecule is CO[C@@H]1COc2c(S(=O)(=O)NC(=O)Nc3c4c(nn3C(C)C)CCC4)cnn2C1. The van der Waals surface area contributed by atoms with Gasteiger partial charge in [-0.25, -0.2) is 27.3 Å². The van der Waals surface area contributed by atoms with E-state index in [2.05, 4.69) is 15.5 Å². The summed E-state index contributed by atoms with van der Waals surface area (Å²) in [5.74, 6) is 0.628. The quantitative estimate of drug-likeness (QED) is 0.734. The summed E-state index contributed by atoms with van der Waals surface area (Å²) < 4.78 is 41.4. The first kappa shape index (κ1) is 19.7. The van der Waals surface area contributed by atoms with Gasteiger partial charge in [0.1, 0.15) is 18.5 Å². The van der Waals surface area contributed by atoms with Crippen molar-refractivity contribution in [3.63, 3.8) is 0 Å². The maximum atomic E-state index is 12.7. The van der Waals surface area contributed by atoms with Gasteiger partial charge in [-0.15, -0.1) is 0 Å². The molecule has 0 unspecified atom stereocenters. The second kappa shape index (κ2) is 7.34. The summed E-state index contributed by atoms with van der Waals surface area (Å²) in [7, 11) is -2.63. The average Bonchev–Trinajstić information content (AvgIpc) is 3.35. The van der Waals surface area contributed by atoms with Crippen LogP contribution in [0.2, 0.25) is 0 Å². The maximum absolute atomic E-state index is 12.7. The van der Waals surface area contributed by atoms with E-state index >= 15 is 0 Å². The molecule has 1 aliphatic heterocycles. The van der Waals surface area contributed by atoms with Crippen molar-refractivity contribution in [3.8, 4) is 5.88 Å². The van der Waals surface area contributed by atoms with Crippen molar-refractivity contribution in [1.82, 2.24) is 24.3 Å². The largest absolute Gasteiger partial charge is 0.474 e. The third kappa shape index (κ3) is 3.57. The lowest BCUT2D eigenvalue weighted by Gasteiger charge is -2.23. The minimum Gasteiger partial charge on any atom is -0.474 e. The van der Waals surface area contributed by atoms with E-state index in [4.69, 9.17) is 9.47 Å². The third-order valence-electron chi connectivity index (χ3n) is 5.05. The fourth-order valence-corrected chi connectivity index (χ4v) is 4.59. The van der Waals surface area contributed by atoms with Gasteiger partial charge in [0.25, 0.3) is 10.0 Å². The fourth-order valence-electron chi connectivity index (χ4n) is 3.61. The number of methoxy groups -OCH3 is 1. The Labute approximate surface area is 168 Å². The van der Waals surface area contributed by atoms with Gasteiger partial charge in [-0.1, -0.05) is 0 Å². The number of rotatable bonds is 5. The van der Waals surface area contributed by atoms with Crippen molar-refractivity contribution in [2.45, 2.75) is 56.7 Å². The molecule has 158 valence electrons.